The summed E-state index contributed by atoms with van der Waals surface area (Å²) in [5, 5.41) is 3.42. The SMILES string of the molecule is CCN(Cc1ccccn1)CC1CCNCC1. The van der Waals surface area contributed by atoms with Crippen molar-refractivity contribution in [3.63, 3.8) is 0 Å². The molecule has 1 saturated heterocycles. The first kappa shape index (κ1) is 12.5. The molecule has 0 aliphatic carbocycles. The number of nitrogens with one attached hydrogen (secondary N) is 1. The molecule has 0 unspecified atom stereocenters. The van der Waals surface area contributed by atoms with E-state index in [1.165, 1.54) is 38.2 Å². The van der Waals surface area contributed by atoms with Gasteiger partial charge in [-0.05, 0) is 50.5 Å². The van der Waals surface area contributed by atoms with Crippen molar-refractivity contribution < 1.29 is 0 Å². The Hall–Kier alpha value is -0.930. The zero-order chi connectivity index (χ0) is 11.9. The van der Waals surface area contributed by atoms with E-state index < -0.39 is 0 Å². The zero-order valence-electron chi connectivity index (χ0n) is 10.7. The molecule has 0 atom stereocenters. The summed E-state index contributed by atoms with van der Waals surface area (Å²) < 4.78 is 0. The first-order valence-corrected chi connectivity index (χ1v) is 6.71. The van der Waals surface area contributed by atoms with Crippen LogP contribution < -0.4 is 5.32 Å². The van der Waals surface area contributed by atoms with Crippen molar-refractivity contribution in [1.29, 1.82) is 0 Å². The van der Waals surface area contributed by atoms with Gasteiger partial charge in [0.1, 0.15) is 0 Å². The van der Waals surface area contributed by atoms with Crippen LogP contribution in [0.2, 0.25) is 0 Å². The molecular formula is C14H23N3. The molecule has 2 rings (SSSR count). The van der Waals surface area contributed by atoms with E-state index in [-0.39, 0.29) is 0 Å². The fourth-order valence-corrected chi connectivity index (χ4v) is 2.46. The van der Waals surface area contributed by atoms with Gasteiger partial charge in [-0.1, -0.05) is 13.0 Å². The Morgan fingerprint density at radius 1 is 1.35 bits per heavy atom. The predicted molar refractivity (Wildman–Crippen MR) is 70.8 cm³/mol. The van der Waals surface area contributed by atoms with Gasteiger partial charge in [-0.25, -0.2) is 0 Å². The monoisotopic (exact) mass is 233 g/mol. The fourth-order valence-electron chi connectivity index (χ4n) is 2.46. The van der Waals surface area contributed by atoms with Crippen LogP contribution in [0.15, 0.2) is 24.4 Å². The highest BCUT2D eigenvalue weighted by molar-refractivity contribution is 5.03. The Labute approximate surface area is 104 Å². The van der Waals surface area contributed by atoms with Gasteiger partial charge in [-0.3, -0.25) is 9.88 Å². The van der Waals surface area contributed by atoms with Crippen LogP contribution in [-0.2, 0) is 6.54 Å². The van der Waals surface area contributed by atoms with Gasteiger partial charge in [-0.15, -0.1) is 0 Å². The summed E-state index contributed by atoms with van der Waals surface area (Å²) in [6.07, 6.45) is 4.52. The number of rotatable bonds is 5. The molecule has 0 amide bonds. The normalized spacial score (nSPS) is 17.5. The highest BCUT2D eigenvalue weighted by Gasteiger charge is 2.16. The van der Waals surface area contributed by atoms with E-state index in [1.807, 2.05) is 12.3 Å². The Morgan fingerprint density at radius 3 is 2.82 bits per heavy atom. The minimum Gasteiger partial charge on any atom is -0.317 e. The maximum absolute atomic E-state index is 4.41. The summed E-state index contributed by atoms with van der Waals surface area (Å²) in [6, 6.07) is 6.17. The van der Waals surface area contributed by atoms with Crippen LogP contribution in [0.4, 0.5) is 0 Å². The first-order valence-electron chi connectivity index (χ1n) is 6.71. The quantitative estimate of drug-likeness (QED) is 0.842. The van der Waals surface area contributed by atoms with Crippen LogP contribution in [0.1, 0.15) is 25.5 Å². The molecule has 0 bridgehead atoms. The molecule has 3 heteroatoms. The molecule has 0 aromatic carbocycles. The first-order chi connectivity index (χ1) is 8.38. The van der Waals surface area contributed by atoms with E-state index in [4.69, 9.17) is 0 Å². The van der Waals surface area contributed by atoms with Gasteiger partial charge in [-0.2, -0.15) is 0 Å². The second kappa shape index (κ2) is 6.72. The lowest BCUT2D eigenvalue weighted by molar-refractivity contribution is 0.205. The molecule has 1 fully saturated rings. The molecule has 17 heavy (non-hydrogen) atoms. The van der Waals surface area contributed by atoms with E-state index in [2.05, 4.69) is 34.3 Å². The third kappa shape index (κ3) is 4.10. The lowest BCUT2D eigenvalue weighted by atomic mass is 9.97. The lowest BCUT2D eigenvalue weighted by Crippen LogP contribution is -2.36. The molecular weight excluding hydrogens is 210 g/mol. The largest absolute Gasteiger partial charge is 0.317 e. The summed E-state index contributed by atoms with van der Waals surface area (Å²) in [5.41, 5.74) is 1.18. The van der Waals surface area contributed by atoms with E-state index in [1.54, 1.807) is 0 Å². The number of hydrogen-bond donors (Lipinski definition) is 1. The Kier molecular flexibility index (Phi) is 4.95. The van der Waals surface area contributed by atoms with Crippen LogP contribution in [0.25, 0.3) is 0 Å². The Balaban J connectivity index is 1.83. The summed E-state index contributed by atoms with van der Waals surface area (Å²) in [7, 11) is 0. The van der Waals surface area contributed by atoms with Crippen molar-refractivity contribution in [2.24, 2.45) is 5.92 Å². The molecule has 1 aliphatic heterocycles. The molecule has 2 heterocycles. The van der Waals surface area contributed by atoms with Gasteiger partial charge < -0.3 is 5.32 Å². The minimum atomic E-state index is 0.861. The zero-order valence-corrected chi connectivity index (χ0v) is 10.7. The van der Waals surface area contributed by atoms with E-state index >= 15 is 0 Å². The topological polar surface area (TPSA) is 28.2 Å². The Bertz CT molecular complexity index is 307. The highest BCUT2D eigenvalue weighted by atomic mass is 15.1. The number of nitrogens with zero attached hydrogens (tertiary/aromatic N) is 2. The fraction of sp³-hybridized carbons (Fsp3) is 0.643. The molecule has 3 nitrogen and oxygen atoms in total. The molecule has 1 aromatic heterocycles. The summed E-state index contributed by atoms with van der Waals surface area (Å²) in [6.45, 7) is 7.93. The van der Waals surface area contributed by atoms with Crippen LogP contribution in [0.5, 0.6) is 0 Å². The Morgan fingerprint density at radius 2 is 2.18 bits per heavy atom. The van der Waals surface area contributed by atoms with E-state index in [9.17, 15) is 0 Å². The van der Waals surface area contributed by atoms with Crippen molar-refractivity contribution in [2.75, 3.05) is 26.2 Å². The average Bonchev–Trinajstić information content (AvgIpc) is 2.40. The van der Waals surface area contributed by atoms with Crippen molar-refractivity contribution >= 4 is 0 Å². The summed E-state index contributed by atoms with van der Waals surface area (Å²) in [4.78, 5) is 6.92. The number of aromatic nitrogens is 1. The lowest BCUT2D eigenvalue weighted by Gasteiger charge is -2.29. The van der Waals surface area contributed by atoms with Gasteiger partial charge in [0.25, 0.3) is 0 Å². The molecule has 1 aliphatic rings. The second-order valence-corrected chi connectivity index (χ2v) is 4.84. The summed E-state index contributed by atoms with van der Waals surface area (Å²) in [5.74, 6) is 0.861. The molecule has 1 aromatic rings. The van der Waals surface area contributed by atoms with Gasteiger partial charge >= 0.3 is 0 Å². The third-order valence-corrected chi connectivity index (χ3v) is 3.53. The number of hydrogen-bond acceptors (Lipinski definition) is 3. The standard InChI is InChI=1S/C14H23N3/c1-2-17(11-13-6-9-15-10-7-13)12-14-5-3-4-8-16-14/h3-5,8,13,15H,2,6-7,9-12H2,1H3. The number of pyridine rings is 1. The predicted octanol–water partition coefficient (Wildman–Crippen LogP) is 1.90. The van der Waals surface area contributed by atoms with Gasteiger partial charge in [0.05, 0.1) is 5.69 Å². The van der Waals surface area contributed by atoms with Crippen LogP contribution >= 0.6 is 0 Å². The maximum Gasteiger partial charge on any atom is 0.0543 e. The van der Waals surface area contributed by atoms with Gasteiger partial charge in [0, 0.05) is 19.3 Å². The molecule has 0 saturated carbocycles. The van der Waals surface area contributed by atoms with Crippen LogP contribution in [0, 0.1) is 5.92 Å². The van der Waals surface area contributed by atoms with Crippen LogP contribution in [0.3, 0.4) is 0 Å². The summed E-state index contributed by atoms with van der Waals surface area (Å²) >= 11 is 0. The van der Waals surface area contributed by atoms with Crippen molar-refractivity contribution in [2.45, 2.75) is 26.3 Å². The van der Waals surface area contributed by atoms with Crippen molar-refractivity contribution in [1.82, 2.24) is 15.2 Å². The number of piperidine rings is 1. The highest BCUT2D eigenvalue weighted by Crippen LogP contribution is 2.14. The second-order valence-electron chi connectivity index (χ2n) is 4.84. The molecule has 0 radical (unpaired) electrons. The molecule has 0 spiro atoms. The van der Waals surface area contributed by atoms with E-state index in [0.29, 0.717) is 0 Å². The molecule has 94 valence electrons. The van der Waals surface area contributed by atoms with Crippen LogP contribution in [-0.4, -0.2) is 36.1 Å². The van der Waals surface area contributed by atoms with Crippen molar-refractivity contribution in [3.05, 3.63) is 30.1 Å². The minimum absolute atomic E-state index is 0.861. The molecule has 1 N–H and O–H groups in total. The average molecular weight is 233 g/mol. The maximum atomic E-state index is 4.41. The van der Waals surface area contributed by atoms with Crippen molar-refractivity contribution in [3.8, 4) is 0 Å². The van der Waals surface area contributed by atoms with Gasteiger partial charge in [0.15, 0.2) is 0 Å². The third-order valence-electron chi connectivity index (χ3n) is 3.53. The van der Waals surface area contributed by atoms with Gasteiger partial charge in [0.2, 0.25) is 0 Å². The van der Waals surface area contributed by atoms with E-state index in [0.717, 1.165) is 19.0 Å². The smallest absolute Gasteiger partial charge is 0.0543 e.